The normalized spacial score (nSPS) is 15.7. The molecule has 0 radical (unpaired) electrons. The van der Waals surface area contributed by atoms with Crippen molar-refractivity contribution < 1.29 is 4.79 Å². The summed E-state index contributed by atoms with van der Waals surface area (Å²) in [4.78, 5) is 11.8. The van der Waals surface area contributed by atoms with E-state index >= 15 is 0 Å². The van der Waals surface area contributed by atoms with Crippen molar-refractivity contribution in [2.45, 2.75) is 38.1 Å². The van der Waals surface area contributed by atoms with E-state index in [-0.39, 0.29) is 5.91 Å². The van der Waals surface area contributed by atoms with Crippen molar-refractivity contribution in [3.63, 3.8) is 0 Å². The molecule has 0 bridgehead atoms. The molecule has 19 heavy (non-hydrogen) atoms. The zero-order chi connectivity index (χ0) is 13.7. The molecule has 0 spiro atoms. The molecule has 0 atom stereocenters. The summed E-state index contributed by atoms with van der Waals surface area (Å²) in [6.07, 6.45) is 5.53. The molecule has 5 heteroatoms. The Hall–Kier alpha value is -0.770. The fraction of sp³-hybridized carbons (Fsp3) is 0.500. The molecule has 0 saturated heterocycles. The van der Waals surface area contributed by atoms with Gasteiger partial charge in [0.1, 0.15) is 0 Å². The van der Waals surface area contributed by atoms with Crippen LogP contribution in [0.5, 0.6) is 0 Å². The predicted octanol–water partition coefficient (Wildman–Crippen LogP) is 3.85. The van der Waals surface area contributed by atoms with Gasteiger partial charge in [-0.15, -0.1) is 0 Å². The lowest BCUT2D eigenvalue weighted by molar-refractivity contribution is -0.116. The molecule has 1 aromatic carbocycles. The maximum atomic E-state index is 11.8. The third kappa shape index (κ3) is 4.68. The molecule has 1 saturated carbocycles. The molecular weight excluding hydrogens is 283 g/mol. The van der Waals surface area contributed by atoms with Crippen molar-refractivity contribution in [1.29, 1.82) is 0 Å². The van der Waals surface area contributed by atoms with Gasteiger partial charge in [0.2, 0.25) is 5.91 Å². The minimum absolute atomic E-state index is 0.0103. The van der Waals surface area contributed by atoms with Crippen LogP contribution in [-0.4, -0.2) is 18.5 Å². The zero-order valence-corrected chi connectivity index (χ0v) is 12.2. The molecule has 3 nitrogen and oxygen atoms in total. The molecule has 0 aliphatic heterocycles. The number of nitrogens with one attached hydrogen (secondary N) is 2. The fourth-order valence-electron chi connectivity index (χ4n) is 2.32. The highest BCUT2D eigenvalue weighted by atomic mass is 35.5. The maximum Gasteiger partial charge on any atom is 0.225 e. The smallest absolute Gasteiger partial charge is 0.225 e. The van der Waals surface area contributed by atoms with E-state index in [0.717, 1.165) is 6.54 Å². The second-order valence-corrected chi connectivity index (χ2v) is 5.68. The van der Waals surface area contributed by atoms with E-state index in [2.05, 4.69) is 10.6 Å². The summed E-state index contributed by atoms with van der Waals surface area (Å²) < 4.78 is 0. The van der Waals surface area contributed by atoms with Gasteiger partial charge in [0.25, 0.3) is 0 Å². The Balaban J connectivity index is 1.72. The summed E-state index contributed by atoms with van der Waals surface area (Å²) in [5, 5.41) is 7.16. The highest BCUT2D eigenvalue weighted by Gasteiger charge is 2.14. The fourth-order valence-corrected chi connectivity index (χ4v) is 2.62. The third-order valence-corrected chi connectivity index (χ3v) is 4.08. The van der Waals surface area contributed by atoms with Gasteiger partial charge in [0.15, 0.2) is 0 Å². The molecule has 1 aromatic rings. The van der Waals surface area contributed by atoms with Gasteiger partial charge < -0.3 is 10.6 Å². The molecule has 2 N–H and O–H groups in total. The van der Waals surface area contributed by atoms with Crippen LogP contribution in [0.25, 0.3) is 0 Å². The largest absolute Gasteiger partial charge is 0.326 e. The van der Waals surface area contributed by atoms with E-state index in [1.54, 1.807) is 18.2 Å². The van der Waals surface area contributed by atoms with Crippen LogP contribution in [0, 0.1) is 0 Å². The standard InChI is InChI=1S/C14H18Cl2N2O/c15-12-6-5-11(9-13(12)16)18-14(19)7-8-17-10-3-1-2-4-10/h5-6,9-10,17H,1-4,7-8H2,(H,18,19). The molecule has 1 aliphatic carbocycles. The van der Waals surface area contributed by atoms with E-state index < -0.39 is 0 Å². The van der Waals surface area contributed by atoms with Gasteiger partial charge in [-0.3, -0.25) is 4.79 Å². The number of hydrogen-bond donors (Lipinski definition) is 2. The Morgan fingerprint density at radius 3 is 2.63 bits per heavy atom. The Kier molecular flexibility index (Phi) is 5.49. The first kappa shape index (κ1) is 14.6. The Labute approximate surface area is 123 Å². The van der Waals surface area contributed by atoms with E-state index in [1.807, 2.05) is 0 Å². The number of amides is 1. The molecule has 0 heterocycles. The van der Waals surface area contributed by atoms with Crippen molar-refractivity contribution in [1.82, 2.24) is 5.32 Å². The van der Waals surface area contributed by atoms with E-state index in [1.165, 1.54) is 25.7 Å². The van der Waals surface area contributed by atoms with Crippen LogP contribution < -0.4 is 10.6 Å². The summed E-state index contributed by atoms with van der Waals surface area (Å²) in [7, 11) is 0. The molecular formula is C14H18Cl2N2O. The summed E-state index contributed by atoms with van der Waals surface area (Å²) >= 11 is 11.7. The van der Waals surface area contributed by atoms with Crippen LogP contribution in [0.1, 0.15) is 32.1 Å². The lowest BCUT2D eigenvalue weighted by atomic mass is 10.2. The second-order valence-electron chi connectivity index (χ2n) is 4.86. The van der Waals surface area contributed by atoms with Crippen molar-refractivity contribution in [2.24, 2.45) is 0 Å². The SMILES string of the molecule is O=C(CCNC1CCCC1)Nc1ccc(Cl)c(Cl)c1. The van der Waals surface area contributed by atoms with Crippen molar-refractivity contribution >= 4 is 34.8 Å². The van der Waals surface area contributed by atoms with Gasteiger partial charge in [-0.25, -0.2) is 0 Å². The lowest BCUT2D eigenvalue weighted by Crippen LogP contribution is -2.29. The van der Waals surface area contributed by atoms with E-state index in [4.69, 9.17) is 23.2 Å². The maximum absolute atomic E-state index is 11.8. The van der Waals surface area contributed by atoms with Gasteiger partial charge >= 0.3 is 0 Å². The first-order valence-corrected chi connectivity index (χ1v) is 7.39. The summed E-state index contributed by atoms with van der Waals surface area (Å²) in [6, 6.07) is 5.68. The van der Waals surface area contributed by atoms with Crippen LogP contribution in [0.3, 0.4) is 0 Å². The Bertz CT molecular complexity index is 445. The van der Waals surface area contributed by atoms with Crippen LogP contribution in [-0.2, 0) is 4.79 Å². The summed E-state index contributed by atoms with van der Waals surface area (Å²) in [5.74, 6) is -0.0103. The van der Waals surface area contributed by atoms with Gasteiger partial charge in [-0.2, -0.15) is 0 Å². The second kappa shape index (κ2) is 7.13. The highest BCUT2D eigenvalue weighted by Crippen LogP contribution is 2.25. The molecule has 0 aromatic heterocycles. The molecule has 0 unspecified atom stereocenters. The predicted molar refractivity (Wildman–Crippen MR) is 80.0 cm³/mol. The number of anilines is 1. The average Bonchev–Trinajstić information content (AvgIpc) is 2.87. The average molecular weight is 301 g/mol. The molecule has 1 fully saturated rings. The van der Waals surface area contributed by atoms with Crippen molar-refractivity contribution in [2.75, 3.05) is 11.9 Å². The third-order valence-electron chi connectivity index (χ3n) is 3.34. The van der Waals surface area contributed by atoms with Gasteiger partial charge in [-0.1, -0.05) is 36.0 Å². The number of benzene rings is 1. The summed E-state index contributed by atoms with van der Waals surface area (Å²) in [6.45, 7) is 0.720. The van der Waals surface area contributed by atoms with Crippen molar-refractivity contribution in [3.05, 3.63) is 28.2 Å². The molecule has 2 rings (SSSR count). The van der Waals surface area contributed by atoms with Crippen LogP contribution in [0.2, 0.25) is 10.0 Å². The van der Waals surface area contributed by atoms with Gasteiger partial charge in [0.05, 0.1) is 10.0 Å². The summed E-state index contributed by atoms with van der Waals surface area (Å²) in [5.41, 5.74) is 0.681. The lowest BCUT2D eigenvalue weighted by Gasteiger charge is -2.11. The van der Waals surface area contributed by atoms with E-state index in [0.29, 0.717) is 28.2 Å². The first-order valence-electron chi connectivity index (χ1n) is 6.63. The Morgan fingerprint density at radius 1 is 1.21 bits per heavy atom. The molecule has 1 aliphatic rings. The number of rotatable bonds is 5. The van der Waals surface area contributed by atoms with Crippen LogP contribution in [0.4, 0.5) is 5.69 Å². The molecule has 104 valence electrons. The Morgan fingerprint density at radius 2 is 1.95 bits per heavy atom. The van der Waals surface area contributed by atoms with E-state index in [9.17, 15) is 4.79 Å². The minimum Gasteiger partial charge on any atom is -0.326 e. The number of carbonyl (C=O) groups is 1. The van der Waals surface area contributed by atoms with Crippen LogP contribution >= 0.6 is 23.2 Å². The van der Waals surface area contributed by atoms with Crippen LogP contribution in [0.15, 0.2) is 18.2 Å². The highest BCUT2D eigenvalue weighted by molar-refractivity contribution is 6.42. The first-order chi connectivity index (χ1) is 9.15. The number of halogens is 2. The van der Waals surface area contributed by atoms with Crippen molar-refractivity contribution in [3.8, 4) is 0 Å². The van der Waals surface area contributed by atoms with Gasteiger partial charge in [0, 0.05) is 24.7 Å². The minimum atomic E-state index is -0.0103. The number of carbonyl (C=O) groups excluding carboxylic acids is 1. The molecule has 1 amide bonds. The number of hydrogen-bond acceptors (Lipinski definition) is 2. The zero-order valence-electron chi connectivity index (χ0n) is 10.7. The van der Waals surface area contributed by atoms with Gasteiger partial charge in [-0.05, 0) is 31.0 Å². The topological polar surface area (TPSA) is 41.1 Å². The quantitative estimate of drug-likeness (QED) is 0.867. The monoisotopic (exact) mass is 300 g/mol.